The lowest BCUT2D eigenvalue weighted by atomic mass is 9.98. The van der Waals surface area contributed by atoms with Crippen molar-refractivity contribution in [2.45, 2.75) is 31.2 Å². The monoisotopic (exact) mass is 583 g/mol. The summed E-state index contributed by atoms with van der Waals surface area (Å²) in [5, 5.41) is 7.89. The second kappa shape index (κ2) is 10.1. The fourth-order valence-electron chi connectivity index (χ4n) is 8.35. The summed E-state index contributed by atoms with van der Waals surface area (Å²) in [7, 11) is -2.63. The Kier molecular flexibility index (Phi) is 5.88. The zero-order valence-corrected chi connectivity index (χ0v) is 25.6. The molecule has 0 N–H and O–H groups in total. The minimum atomic E-state index is -2.63. The summed E-state index contributed by atoms with van der Waals surface area (Å²) in [6, 6.07) is 56.8. The van der Waals surface area contributed by atoms with Gasteiger partial charge in [0, 0.05) is 34.1 Å². The number of hydrogen-bond acceptors (Lipinski definition) is 2. The van der Waals surface area contributed by atoms with Gasteiger partial charge in [0.2, 0.25) is 0 Å². The molecule has 0 saturated heterocycles. The maximum atomic E-state index is 6.51. The van der Waals surface area contributed by atoms with E-state index in [1.54, 1.807) is 0 Å². The van der Waals surface area contributed by atoms with Crippen LogP contribution in [0.1, 0.15) is 30.7 Å². The molecule has 2 nitrogen and oxygen atoms in total. The van der Waals surface area contributed by atoms with Crippen LogP contribution in [0, 0.1) is 0 Å². The molecular weight excluding hydrogens is 551 g/mol. The number of benzene rings is 6. The Morgan fingerprint density at radius 2 is 1.09 bits per heavy atom. The summed E-state index contributed by atoms with van der Waals surface area (Å²) < 4.78 is 6.51. The van der Waals surface area contributed by atoms with E-state index in [0.29, 0.717) is 12.0 Å². The molecule has 2 atom stereocenters. The number of nitrogens with zero attached hydrogens (tertiary/aromatic N) is 1. The van der Waals surface area contributed by atoms with Crippen LogP contribution in [-0.4, -0.2) is 14.1 Å². The molecule has 1 aliphatic heterocycles. The largest absolute Gasteiger partial charge is 0.456 e. The molecule has 0 spiro atoms. The molecule has 1 fully saturated rings. The van der Waals surface area contributed by atoms with Gasteiger partial charge >= 0.3 is 0 Å². The lowest BCUT2D eigenvalue weighted by Gasteiger charge is -2.34. The first-order valence-corrected chi connectivity index (χ1v) is 17.8. The van der Waals surface area contributed by atoms with Gasteiger partial charge in [-0.1, -0.05) is 128 Å². The van der Waals surface area contributed by atoms with Crippen molar-refractivity contribution in [2.24, 2.45) is 0 Å². The summed E-state index contributed by atoms with van der Waals surface area (Å²) >= 11 is 0. The number of furan rings is 1. The van der Waals surface area contributed by atoms with Gasteiger partial charge in [-0.2, -0.15) is 0 Å². The average Bonchev–Trinajstić information content (AvgIpc) is 3.79. The van der Waals surface area contributed by atoms with Gasteiger partial charge in [-0.3, -0.25) is 0 Å². The zero-order chi connectivity index (χ0) is 29.1. The van der Waals surface area contributed by atoms with E-state index in [1.165, 1.54) is 67.7 Å². The van der Waals surface area contributed by atoms with E-state index >= 15 is 0 Å². The number of hydrogen-bond donors (Lipinski definition) is 0. The van der Waals surface area contributed by atoms with Crippen LogP contribution in [-0.2, 0) is 0 Å². The van der Waals surface area contributed by atoms with Crippen molar-refractivity contribution in [3.63, 3.8) is 0 Å². The van der Waals surface area contributed by atoms with Gasteiger partial charge in [-0.15, -0.1) is 0 Å². The van der Waals surface area contributed by atoms with Crippen LogP contribution in [0.3, 0.4) is 0 Å². The van der Waals surface area contributed by atoms with Crippen LogP contribution < -0.4 is 25.6 Å². The summed E-state index contributed by atoms with van der Waals surface area (Å²) in [6.45, 7) is 0. The lowest BCUT2D eigenvalue weighted by Crippen LogP contribution is -2.74. The second-order valence-electron chi connectivity index (χ2n) is 12.4. The first kappa shape index (κ1) is 25.6. The number of para-hydroxylation sites is 1. The van der Waals surface area contributed by atoms with Crippen molar-refractivity contribution in [1.29, 1.82) is 0 Å². The maximum absolute atomic E-state index is 6.51. The van der Waals surface area contributed by atoms with E-state index in [2.05, 4.69) is 157 Å². The van der Waals surface area contributed by atoms with Crippen LogP contribution in [0.4, 0.5) is 11.4 Å². The zero-order valence-electron chi connectivity index (χ0n) is 24.6. The molecule has 0 radical (unpaired) electrons. The Labute approximate surface area is 259 Å². The molecule has 2 unspecified atom stereocenters. The van der Waals surface area contributed by atoms with Crippen molar-refractivity contribution in [2.75, 3.05) is 4.90 Å². The Hall–Kier alpha value is -4.86. The van der Waals surface area contributed by atoms with Gasteiger partial charge in [-0.05, 0) is 69.5 Å². The molecular formula is C41H33NOSi. The van der Waals surface area contributed by atoms with Crippen LogP contribution in [0.25, 0.3) is 21.9 Å². The summed E-state index contributed by atoms with van der Waals surface area (Å²) in [4.78, 5) is 2.62. The summed E-state index contributed by atoms with van der Waals surface area (Å²) in [6.07, 6.45) is 3.82. The molecule has 1 aromatic heterocycles. The van der Waals surface area contributed by atoms with Crippen LogP contribution in [0.2, 0.25) is 0 Å². The van der Waals surface area contributed by atoms with E-state index in [-0.39, 0.29) is 0 Å². The number of anilines is 2. The maximum Gasteiger partial charge on any atom is 0.179 e. The van der Waals surface area contributed by atoms with Crippen molar-refractivity contribution in [3.05, 3.63) is 157 Å². The molecule has 2 heterocycles. The molecule has 212 valence electrons. The molecule has 9 rings (SSSR count). The topological polar surface area (TPSA) is 16.4 Å². The van der Waals surface area contributed by atoms with Crippen LogP contribution >= 0.6 is 0 Å². The third kappa shape index (κ3) is 3.72. The highest BCUT2D eigenvalue weighted by atomic mass is 28.3. The Morgan fingerprint density at radius 1 is 0.523 bits per heavy atom. The fraction of sp³-hybridized carbons (Fsp3) is 0.122. The molecule has 44 heavy (non-hydrogen) atoms. The summed E-state index contributed by atoms with van der Waals surface area (Å²) in [5.74, 6) is 0.629. The van der Waals surface area contributed by atoms with Crippen LogP contribution in [0.15, 0.2) is 156 Å². The number of rotatable bonds is 5. The van der Waals surface area contributed by atoms with E-state index in [9.17, 15) is 0 Å². The van der Waals surface area contributed by atoms with E-state index in [4.69, 9.17) is 4.42 Å². The predicted octanol–water partition coefficient (Wildman–Crippen LogP) is 7.75. The van der Waals surface area contributed by atoms with Gasteiger partial charge < -0.3 is 9.32 Å². The van der Waals surface area contributed by atoms with E-state index in [1.807, 2.05) is 0 Å². The van der Waals surface area contributed by atoms with Gasteiger partial charge in [0.1, 0.15) is 11.2 Å². The molecule has 7 aromatic rings. The van der Waals surface area contributed by atoms with Gasteiger partial charge in [0.25, 0.3) is 0 Å². The van der Waals surface area contributed by atoms with Gasteiger partial charge in [-0.25, -0.2) is 0 Å². The SMILES string of the molecule is c1ccc([Si](c2ccccc2)(c2ccccc2)c2ccc3oc4ccc(N5c6ccccc6C6CCCC65)cc4c3c2)cc1. The van der Waals surface area contributed by atoms with Crippen LogP contribution in [0.5, 0.6) is 0 Å². The fourth-order valence-corrected chi connectivity index (χ4v) is 13.1. The first-order chi connectivity index (χ1) is 21.8. The highest BCUT2D eigenvalue weighted by Crippen LogP contribution is 2.52. The normalized spacial score (nSPS) is 17.7. The molecule has 0 amide bonds. The smallest absolute Gasteiger partial charge is 0.179 e. The molecule has 2 aliphatic rings. The van der Waals surface area contributed by atoms with Crippen molar-refractivity contribution < 1.29 is 4.42 Å². The minimum Gasteiger partial charge on any atom is -0.456 e. The van der Waals surface area contributed by atoms with E-state index in [0.717, 1.165) is 11.2 Å². The molecule has 1 saturated carbocycles. The Bertz CT molecular complexity index is 2020. The standard InChI is InChI=1S/C41H33NOSi/c1-4-13-30(14-5-1)44(31-15-6-2-7-16-31,32-17-8-3-9-18-32)33-24-26-41-37(28-33)36-27-29(23-25-40(36)43-41)42-38-21-11-10-19-34(38)35-20-12-22-39(35)42/h1-11,13-19,21,23-28,35,39H,12,20,22H2. The Balaban J connectivity index is 1.28. The minimum absolute atomic E-state index is 0.535. The lowest BCUT2D eigenvalue weighted by molar-refractivity contribution is 0.641. The average molecular weight is 584 g/mol. The Morgan fingerprint density at radius 3 is 1.75 bits per heavy atom. The van der Waals surface area contributed by atoms with E-state index < -0.39 is 8.07 Å². The van der Waals surface area contributed by atoms with Crippen molar-refractivity contribution >= 4 is 62.1 Å². The highest BCUT2D eigenvalue weighted by molar-refractivity contribution is 7.20. The quantitative estimate of drug-likeness (QED) is 0.152. The third-order valence-corrected chi connectivity index (χ3v) is 15.0. The molecule has 3 heteroatoms. The van der Waals surface area contributed by atoms with Crippen molar-refractivity contribution in [1.82, 2.24) is 0 Å². The first-order valence-electron chi connectivity index (χ1n) is 15.8. The third-order valence-electron chi connectivity index (χ3n) is 10.2. The molecule has 1 aliphatic carbocycles. The van der Waals surface area contributed by atoms with Gasteiger partial charge in [0.05, 0.1) is 0 Å². The summed E-state index contributed by atoms with van der Waals surface area (Å²) in [5.41, 5.74) is 6.05. The van der Waals surface area contributed by atoms with Gasteiger partial charge in [0.15, 0.2) is 8.07 Å². The molecule has 6 aromatic carbocycles. The second-order valence-corrected chi connectivity index (χ2v) is 16.2. The van der Waals surface area contributed by atoms with Crippen molar-refractivity contribution in [3.8, 4) is 0 Å². The number of fused-ring (bicyclic) bond motifs is 6. The predicted molar refractivity (Wildman–Crippen MR) is 186 cm³/mol. The highest BCUT2D eigenvalue weighted by Gasteiger charge is 2.43. The molecule has 0 bridgehead atoms.